The molecule has 0 atom stereocenters. The van der Waals surface area contributed by atoms with Crippen LogP contribution in [0.2, 0.25) is 0 Å². The smallest absolute Gasteiger partial charge is 0.0249 e. The van der Waals surface area contributed by atoms with E-state index < -0.39 is 0 Å². The standard InChI is InChI=1S/C23H20/c1-3-5-9-20(4-2)12-13-22-16-18-23(19-17-22)15-14-21-10-7-6-8-11-21/h3-13,16-19H,1H2,2H3/b9-5-,13-12-,20-4+. The van der Waals surface area contributed by atoms with E-state index >= 15 is 0 Å². The molecule has 0 fully saturated rings. The van der Waals surface area contributed by atoms with Crippen LogP contribution >= 0.6 is 0 Å². The maximum absolute atomic E-state index is 3.68. The summed E-state index contributed by atoms with van der Waals surface area (Å²) in [4.78, 5) is 0. The van der Waals surface area contributed by atoms with Gasteiger partial charge in [0.2, 0.25) is 0 Å². The first kappa shape index (κ1) is 16.3. The van der Waals surface area contributed by atoms with Gasteiger partial charge in [-0.05, 0) is 42.3 Å². The molecule has 0 amide bonds. The summed E-state index contributed by atoms with van der Waals surface area (Å²) in [6.45, 7) is 5.71. The number of hydrogen-bond acceptors (Lipinski definition) is 0. The number of allylic oxidation sites excluding steroid dienone is 6. The molecule has 0 aliphatic heterocycles. The molecule has 0 saturated carbocycles. The van der Waals surface area contributed by atoms with E-state index in [2.05, 4.69) is 48.8 Å². The first-order valence-electron chi connectivity index (χ1n) is 7.62. The van der Waals surface area contributed by atoms with Gasteiger partial charge in [0.05, 0.1) is 0 Å². The van der Waals surface area contributed by atoms with Gasteiger partial charge in [-0.1, -0.05) is 85.2 Å². The van der Waals surface area contributed by atoms with E-state index in [1.54, 1.807) is 6.08 Å². The Labute approximate surface area is 139 Å². The zero-order chi connectivity index (χ0) is 16.3. The lowest BCUT2D eigenvalue weighted by Gasteiger charge is -1.96. The average Bonchev–Trinajstić information content (AvgIpc) is 2.62. The quantitative estimate of drug-likeness (QED) is 0.495. The van der Waals surface area contributed by atoms with Crippen molar-refractivity contribution in [1.82, 2.24) is 0 Å². The van der Waals surface area contributed by atoms with Gasteiger partial charge in [-0.3, -0.25) is 0 Å². The van der Waals surface area contributed by atoms with Gasteiger partial charge < -0.3 is 0 Å². The Bertz CT molecular complexity index is 773. The third-order valence-corrected chi connectivity index (χ3v) is 3.26. The van der Waals surface area contributed by atoms with Gasteiger partial charge in [0.25, 0.3) is 0 Å². The SMILES string of the molecule is C=C\C=C/C(/C=C\c1ccc(C#Cc2ccccc2)cc1)=C\C. The summed E-state index contributed by atoms with van der Waals surface area (Å²) in [5, 5.41) is 0. The van der Waals surface area contributed by atoms with E-state index in [9.17, 15) is 0 Å². The van der Waals surface area contributed by atoms with Crippen molar-refractivity contribution in [2.45, 2.75) is 6.92 Å². The summed E-state index contributed by atoms with van der Waals surface area (Å²) in [6.07, 6.45) is 12.0. The first-order valence-corrected chi connectivity index (χ1v) is 7.62. The normalized spacial score (nSPS) is 11.4. The molecule has 0 radical (unpaired) electrons. The predicted octanol–water partition coefficient (Wildman–Crippen LogP) is 5.79. The van der Waals surface area contributed by atoms with Crippen molar-refractivity contribution in [3.8, 4) is 11.8 Å². The highest BCUT2D eigenvalue weighted by Crippen LogP contribution is 2.09. The maximum Gasteiger partial charge on any atom is 0.0249 e. The molecule has 0 aliphatic rings. The fraction of sp³-hybridized carbons (Fsp3) is 0.0435. The molecule has 0 heterocycles. The van der Waals surface area contributed by atoms with Crippen LogP contribution in [0.15, 0.2) is 97.1 Å². The van der Waals surface area contributed by atoms with Crippen LogP contribution < -0.4 is 0 Å². The Morgan fingerprint density at radius 3 is 2.13 bits per heavy atom. The minimum absolute atomic E-state index is 1.02. The van der Waals surface area contributed by atoms with Gasteiger partial charge in [-0.25, -0.2) is 0 Å². The lowest BCUT2D eigenvalue weighted by Crippen LogP contribution is -1.78. The lowest BCUT2D eigenvalue weighted by molar-refractivity contribution is 1.58. The van der Waals surface area contributed by atoms with Crippen LogP contribution in [0.4, 0.5) is 0 Å². The van der Waals surface area contributed by atoms with Crippen LogP contribution in [0.25, 0.3) is 6.08 Å². The summed E-state index contributed by atoms with van der Waals surface area (Å²) in [7, 11) is 0. The van der Waals surface area contributed by atoms with Gasteiger partial charge in [-0.2, -0.15) is 0 Å². The highest BCUT2D eigenvalue weighted by molar-refractivity contribution is 5.56. The van der Waals surface area contributed by atoms with E-state index in [0.29, 0.717) is 0 Å². The van der Waals surface area contributed by atoms with Crippen molar-refractivity contribution >= 4 is 6.08 Å². The third-order valence-electron chi connectivity index (χ3n) is 3.26. The predicted molar refractivity (Wildman–Crippen MR) is 101 cm³/mol. The van der Waals surface area contributed by atoms with Crippen LogP contribution in [-0.4, -0.2) is 0 Å². The number of hydrogen-bond donors (Lipinski definition) is 0. The monoisotopic (exact) mass is 296 g/mol. The second-order valence-corrected chi connectivity index (χ2v) is 4.95. The molecule has 0 bridgehead atoms. The third kappa shape index (κ3) is 5.69. The van der Waals surface area contributed by atoms with E-state index in [4.69, 9.17) is 0 Å². The Hall–Kier alpha value is -3.04. The molecule has 2 rings (SSSR count). The zero-order valence-corrected chi connectivity index (χ0v) is 13.4. The fourth-order valence-electron chi connectivity index (χ4n) is 1.96. The van der Waals surface area contributed by atoms with Gasteiger partial charge in [0.15, 0.2) is 0 Å². The topological polar surface area (TPSA) is 0 Å². The summed E-state index contributed by atoms with van der Waals surface area (Å²) in [5.41, 5.74) is 4.35. The van der Waals surface area contributed by atoms with Crippen LogP contribution in [0.5, 0.6) is 0 Å². The highest BCUT2D eigenvalue weighted by atomic mass is 13.9. The Morgan fingerprint density at radius 2 is 1.52 bits per heavy atom. The van der Waals surface area contributed by atoms with E-state index in [-0.39, 0.29) is 0 Å². The molecular weight excluding hydrogens is 276 g/mol. The number of rotatable bonds is 4. The van der Waals surface area contributed by atoms with Gasteiger partial charge in [0.1, 0.15) is 0 Å². The van der Waals surface area contributed by atoms with E-state index in [1.807, 2.05) is 61.5 Å². The summed E-state index contributed by atoms with van der Waals surface area (Å²) in [6, 6.07) is 18.3. The minimum Gasteiger partial charge on any atom is -0.0991 e. The van der Waals surface area contributed by atoms with Crippen molar-refractivity contribution in [1.29, 1.82) is 0 Å². The zero-order valence-electron chi connectivity index (χ0n) is 13.4. The molecule has 0 nitrogen and oxygen atoms in total. The Kier molecular flexibility index (Phi) is 6.44. The largest absolute Gasteiger partial charge is 0.0991 e. The summed E-state index contributed by atoms with van der Waals surface area (Å²) < 4.78 is 0. The second kappa shape index (κ2) is 9.07. The lowest BCUT2D eigenvalue weighted by atomic mass is 10.1. The molecule has 0 spiro atoms. The molecule has 0 saturated heterocycles. The van der Waals surface area contributed by atoms with Gasteiger partial charge in [-0.15, -0.1) is 0 Å². The molecule has 0 aromatic heterocycles. The van der Waals surface area contributed by atoms with Crippen LogP contribution in [-0.2, 0) is 0 Å². The molecular formula is C23H20. The first-order chi connectivity index (χ1) is 11.3. The minimum atomic E-state index is 1.02. The van der Waals surface area contributed by atoms with E-state index in [1.165, 1.54) is 0 Å². The summed E-state index contributed by atoms with van der Waals surface area (Å²) in [5.74, 6) is 6.35. The molecule has 2 aromatic rings. The fourth-order valence-corrected chi connectivity index (χ4v) is 1.96. The van der Waals surface area contributed by atoms with Gasteiger partial charge in [0, 0.05) is 11.1 Å². The number of benzene rings is 2. The molecule has 0 aliphatic carbocycles. The van der Waals surface area contributed by atoms with Crippen LogP contribution in [0.1, 0.15) is 23.6 Å². The molecule has 112 valence electrons. The highest BCUT2D eigenvalue weighted by Gasteiger charge is 1.90. The summed E-state index contributed by atoms with van der Waals surface area (Å²) >= 11 is 0. The van der Waals surface area contributed by atoms with Crippen LogP contribution in [0.3, 0.4) is 0 Å². The molecule has 0 heteroatoms. The molecule has 0 N–H and O–H groups in total. The molecule has 23 heavy (non-hydrogen) atoms. The van der Waals surface area contributed by atoms with Crippen molar-refractivity contribution in [3.63, 3.8) is 0 Å². The Balaban J connectivity index is 2.07. The maximum atomic E-state index is 3.68. The second-order valence-electron chi connectivity index (χ2n) is 4.95. The van der Waals surface area contributed by atoms with Crippen molar-refractivity contribution in [3.05, 3.63) is 114 Å². The average molecular weight is 296 g/mol. The molecule has 0 unspecified atom stereocenters. The van der Waals surface area contributed by atoms with Crippen molar-refractivity contribution < 1.29 is 0 Å². The van der Waals surface area contributed by atoms with Gasteiger partial charge >= 0.3 is 0 Å². The Morgan fingerprint density at radius 1 is 0.870 bits per heavy atom. The van der Waals surface area contributed by atoms with Crippen molar-refractivity contribution in [2.24, 2.45) is 0 Å². The van der Waals surface area contributed by atoms with Crippen molar-refractivity contribution in [2.75, 3.05) is 0 Å². The molecule has 2 aromatic carbocycles. The van der Waals surface area contributed by atoms with Crippen LogP contribution in [0, 0.1) is 11.8 Å². The van der Waals surface area contributed by atoms with E-state index in [0.717, 1.165) is 22.3 Å².